The zero-order chi connectivity index (χ0) is 26.6. The number of carbonyl (C=O) groups excluding carboxylic acids is 2. The Labute approximate surface area is 223 Å². The summed E-state index contributed by atoms with van der Waals surface area (Å²) < 4.78 is 0. The van der Waals surface area contributed by atoms with Crippen molar-refractivity contribution in [2.24, 2.45) is 5.92 Å². The van der Waals surface area contributed by atoms with Crippen molar-refractivity contribution >= 4 is 29.4 Å². The van der Waals surface area contributed by atoms with Crippen LogP contribution in [0.5, 0.6) is 0 Å². The fourth-order valence-electron chi connectivity index (χ4n) is 4.68. The van der Waals surface area contributed by atoms with Gasteiger partial charge in [0.05, 0.1) is 6.54 Å². The highest BCUT2D eigenvalue weighted by Gasteiger charge is 2.50. The smallest absolute Gasteiger partial charge is 0.260 e. The molecular weight excluding hydrogens is 484 g/mol. The quantitative estimate of drug-likeness (QED) is 0.377. The number of carbonyl (C=O) groups is 2. The van der Waals surface area contributed by atoms with E-state index in [0.29, 0.717) is 29.5 Å². The number of benzene rings is 3. The second-order valence-corrected chi connectivity index (χ2v) is 10.5. The topological polar surface area (TPSA) is 76.5 Å². The Bertz CT molecular complexity index is 1280. The van der Waals surface area contributed by atoms with E-state index in [2.05, 4.69) is 19.2 Å². The lowest BCUT2D eigenvalue weighted by Crippen LogP contribution is -2.44. The lowest BCUT2D eigenvalue weighted by molar-refractivity contribution is -0.132. The molecule has 2 amide bonds. The molecule has 7 heteroatoms. The summed E-state index contributed by atoms with van der Waals surface area (Å²) in [6.45, 7) is 4.93. The third-order valence-electron chi connectivity index (χ3n) is 6.77. The van der Waals surface area contributed by atoms with Crippen molar-refractivity contribution in [3.05, 3.63) is 106 Å². The molecule has 1 atom stereocenters. The van der Waals surface area contributed by atoms with Gasteiger partial charge in [0.25, 0.3) is 11.8 Å². The lowest BCUT2D eigenvalue weighted by atomic mass is 9.83. The van der Waals surface area contributed by atoms with Crippen LogP contribution in [0.15, 0.2) is 78.9 Å². The van der Waals surface area contributed by atoms with Gasteiger partial charge in [0, 0.05) is 24.2 Å². The number of rotatable bonds is 9. The number of hydrogen-bond acceptors (Lipinski definition) is 3. The van der Waals surface area contributed by atoms with Gasteiger partial charge in [-0.25, -0.2) is 0 Å². The number of halogens is 1. The molecule has 37 heavy (non-hydrogen) atoms. The number of amides is 2. The Morgan fingerprint density at radius 1 is 1.03 bits per heavy atom. The summed E-state index contributed by atoms with van der Waals surface area (Å²) in [4.78, 5) is 30.1. The molecule has 192 valence electrons. The van der Waals surface area contributed by atoms with E-state index in [1.54, 1.807) is 24.1 Å². The van der Waals surface area contributed by atoms with E-state index in [-0.39, 0.29) is 24.3 Å². The minimum Gasteiger partial charge on any atom is -0.338 e. The van der Waals surface area contributed by atoms with Crippen LogP contribution >= 0.6 is 11.6 Å². The van der Waals surface area contributed by atoms with Gasteiger partial charge in [-0.15, -0.1) is 0 Å². The molecule has 1 aliphatic heterocycles. The van der Waals surface area contributed by atoms with Crippen LogP contribution in [0.2, 0.25) is 5.02 Å². The molecule has 0 bridgehead atoms. The summed E-state index contributed by atoms with van der Waals surface area (Å²) in [7, 11) is 1.76. The number of nitrogens with zero attached hydrogens (tertiary/aromatic N) is 2. The highest BCUT2D eigenvalue weighted by molar-refractivity contribution is 6.30. The van der Waals surface area contributed by atoms with Gasteiger partial charge in [0.2, 0.25) is 0 Å². The van der Waals surface area contributed by atoms with Crippen LogP contribution < -0.4 is 5.32 Å². The van der Waals surface area contributed by atoms with Crippen molar-refractivity contribution in [1.29, 1.82) is 5.41 Å². The second-order valence-electron chi connectivity index (χ2n) is 10.1. The van der Waals surface area contributed by atoms with Crippen LogP contribution in [-0.2, 0) is 23.4 Å². The van der Waals surface area contributed by atoms with Crippen LogP contribution in [0.25, 0.3) is 0 Å². The molecule has 3 aromatic rings. The van der Waals surface area contributed by atoms with Crippen LogP contribution in [0, 0.1) is 11.3 Å². The first kappa shape index (κ1) is 26.4. The molecule has 6 nitrogen and oxygen atoms in total. The predicted octanol–water partition coefficient (Wildman–Crippen LogP) is 5.81. The van der Waals surface area contributed by atoms with Gasteiger partial charge in [0.1, 0.15) is 5.54 Å². The molecule has 1 aliphatic rings. The fraction of sp³-hybridized carbons (Fsp3) is 0.300. The van der Waals surface area contributed by atoms with Gasteiger partial charge in [-0.2, -0.15) is 0 Å². The molecule has 0 saturated carbocycles. The minimum absolute atomic E-state index is 0.0780. The summed E-state index contributed by atoms with van der Waals surface area (Å²) in [5.74, 6) is 0.245. The summed E-state index contributed by atoms with van der Waals surface area (Å²) >= 11 is 5.97. The van der Waals surface area contributed by atoms with Crippen LogP contribution in [-0.4, -0.2) is 34.6 Å². The maximum Gasteiger partial charge on any atom is 0.260 e. The largest absolute Gasteiger partial charge is 0.338 e. The molecule has 0 spiro atoms. The molecular formula is C30H33ClN4O2. The Morgan fingerprint density at radius 3 is 2.41 bits per heavy atom. The van der Waals surface area contributed by atoms with Crippen molar-refractivity contribution in [1.82, 2.24) is 15.1 Å². The minimum atomic E-state index is -0.963. The van der Waals surface area contributed by atoms with Gasteiger partial charge in [0.15, 0.2) is 5.96 Å². The van der Waals surface area contributed by atoms with E-state index in [0.717, 1.165) is 23.1 Å². The number of nitrogens with one attached hydrogen (secondary N) is 2. The van der Waals surface area contributed by atoms with E-state index in [4.69, 9.17) is 17.0 Å². The normalized spacial score (nSPS) is 17.3. The first-order valence-corrected chi connectivity index (χ1v) is 12.9. The third kappa shape index (κ3) is 5.86. The average molecular weight is 517 g/mol. The molecule has 1 heterocycles. The summed E-state index contributed by atoms with van der Waals surface area (Å²) in [6, 6.07) is 24.3. The van der Waals surface area contributed by atoms with Crippen molar-refractivity contribution < 1.29 is 9.59 Å². The van der Waals surface area contributed by atoms with E-state index < -0.39 is 5.54 Å². The third-order valence-corrected chi connectivity index (χ3v) is 7.02. The van der Waals surface area contributed by atoms with Crippen molar-refractivity contribution in [2.45, 2.75) is 45.3 Å². The summed E-state index contributed by atoms with van der Waals surface area (Å²) in [6.07, 6.45) is 1.44. The maximum atomic E-state index is 13.8. The predicted molar refractivity (Wildman–Crippen MR) is 147 cm³/mol. The summed E-state index contributed by atoms with van der Waals surface area (Å²) in [5, 5.41) is 12.5. The van der Waals surface area contributed by atoms with E-state index in [1.807, 2.05) is 66.7 Å². The van der Waals surface area contributed by atoms with Crippen molar-refractivity contribution in [3.8, 4) is 0 Å². The van der Waals surface area contributed by atoms with E-state index >= 15 is 0 Å². The number of guanidine groups is 1. The lowest BCUT2D eigenvalue weighted by Gasteiger charge is -2.28. The highest BCUT2D eigenvalue weighted by atomic mass is 35.5. The zero-order valence-electron chi connectivity index (χ0n) is 21.5. The SMILES string of the molecule is CC(C)CCC1(c2ccccc2)NC(=N)N(Cc2cccc(C(=O)N(C)Cc3ccc(Cl)cc3)c2)C1=O. The Morgan fingerprint density at radius 2 is 1.73 bits per heavy atom. The highest BCUT2D eigenvalue weighted by Crippen LogP contribution is 2.35. The fourth-order valence-corrected chi connectivity index (χ4v) is 4.81. The Hall–Kier alpha value is -3.64. The first-order chi connectivity index (χ1) is 17.7. The molecule has 3 aromatic carbocycles. The van der Waals surface area contributed by atoms with Crippen LogP contribution in [0.4, 0.5) is 0 Å². The molecule has 2 N–H and O–H groups in total. The summed E-state index contributed by atoms with van der Waals surface area (Å²) in [5.41, 5.74) is 2.21. The zero-order valence-corrected chi connectivity index (χ0v) is 22.3. The van der Waals surface area contributed by atoms with Gasteiger partial charge in [-0.05, 0) is 59.7 Å². The van der Waals surface area contributed by atoms with Gasteiger partial charge >= 0.3 is 0 Å². The average Bonchev–Trinajstić information content (AvgIpc) is 3.14. The standard InChI is InChI=1S/C30H33ClN4O2/c1-21(2)16-17-30(25-10-5-4-6-11-25)28(37)35(29(32)33-30)20-23-8-7-9-24(18-23)27(36)34(3)19-22-12-14-26(31)15-13-22/h4-15,18,21H,16-17,19-20H2,1-3H3,(H2,32,33). The molecule has 1 fully saturated rings. The molecule has 1 saturated heterocycles. The molecule has 0 radical (unpaired) electrons. The second kappa shape index (κ2) is 11.2. The molecule has 0 aliphatic carbocycles. The van der Waals surface area contributed by atoms with Gasteiger partial charge in [-0.1, -0.05) is 80.0 Å². The van der Waals surface area contributed by atoms with E-state index in [9.17, 15) is 9.59 Å². The monoisotopic (exact) mass is 516 g/mol. The molecule has 0 aromatic heterocycles. The first-order valence-electron chi connectivity index (χ1n) is 12.5. The maximum absolute atomic E-state index is 13.8. The van der Waals surface area contributed by atoms with E-state index in [1.165, 1.54) is 4.90 Å². The Kier molecular flexibility index (Phi) is 7.98. The number of hydrogen-bond donors (Lipinski definition) is 2. The van der Waals surface area contributed by atoms with Crippen LogP contribution in [0.1, 0.15) is 53.7 Å². The van der Waals surface area contributed by atoms with Crippen molar-refractivity contribution in [2.75, 3.05) is 7.05 Å². The Balaban J connectivity index is 1.53. The molecule has 4 rings (SSSR count). The van der Waals surface area contributed by atoms with Crippen molar-refractivity contribution in [3.63, 3.8) is 0 Å². The molecule has 1 unspecified atom stereocenters. The van der Waals surface area contributed by atoms with Gasteiger partial charge < -0.3 is 10.2 Å². The van der Waals surface area contributed by atoms with Gasteiger partial charge in [-0.3, -0.25) is 19.9 Å². The van der Waals surface area contributed by atoms with Crippen LogP contribution in [0.3, 0.4) is 0 Å².